The summed E-state index contributed by atoms with van der Waals surface area (Å²) in [6, 6.07) is 7.53. The molecule has 0 radical (unpaired) electrons. The fourth-order valence-corrected chi connectivity index (χ4v) is 13.4. The van der Waals surface area contributed by atoms with E-state index in [2.05, 4.69) is 59.5 Å². The fourth-order valence-electron chi connectivity index (χ4n) is 13.4. The van der Waals surface area contributed by atoms with Gasteiger partial charge in [0.05, 0.1) is 12.1 Å². The lowest BCUT2D eigenvalue weighted by Crippen LogP contribution is -2.65. The highest BCUT2D eigenvalue weighted by molar-refractivity contribution is 5.88. The second-order valence-corrected chi connectivity index (χ2v) is 18.2. The van der Waals surface area contributed by atoms with Crippen molar-refractivity contribution in [3.8, 4) is 0 Å². The van der Waals surface area contributed by atoms with Gasteiger partial charge in [-0.25, -0.2) is 4.79 Å². The van der Waals surface area contributed by atoms with Crippen LogP contribution in [-0.4, -0.2) is 35.7 Å². The van der Waals surface area contributed by atoms with E-state index >= 15 is 0 Å². The van der Waals surface area contributed by atoms with Gasteiger partial charge in [0.25, 0.3) is 0 Å². The molecule has 6 rings (SSSR count). The minimum Gasteiger partial charge on any atom is -0.478 e. The van der Waals surface area contributed by atoms with E-state index in [-0.39, 0.29) is 32.9 Å². The van der Waals surface area contributed by atoms with Crippen LogP contribution in [0.2, 0.25) is 0 Å². The molecule has 0 spiro atoms. The van der Waals surface area contributed by atoms with Crippen LogP contribution in [0.15, 0.2) is 42.5 Å². The van der Waals surface area contributed by atoms with Crippen molar-refractivity contribution < 1.29 is 19.5 Å². The van der Waals surface area contributed by atoms with E-state index in [9.17, 15) is 19.5 Å². The van der Waals surface area contributed by atoms with Crippen LogP contribution < -0.4 is 5.32 Å². The molecule has 1 aromatic carbocycles. The van der Waals surface area contributed by atoms with Crippen molar-refractivity contribution in [1.82, 2.24) is 5.32 Å². The largest absolute Gasteiger partial charge is 0.478 e. The summed E-state index contributed by atoms with van der Waals surface area (Å²) in [6.07, 6.45) is 14.1. The van der Waals surface area contributed by atoms with Gasteiger partial charge in [0.15, 0.2) is 0 Å². The predicted molar refractivity (Wildman–Crippen MR) is 194 cm³/mol. The van der Waals surface area contributed by atoms with Gasteiger partial charge in [-0.3, -0.25) is 9.59 Å². The Morgan fingerprint density at radius 3 is 2.23 bits per heavy atom. The van der Waals surface area contributed by atoms with Crippen LogP contribution in [0.3, 0.4) is 0 Å². The van der Waals surface area contributed by atoms with E-state index in [1.54, 1.807) is 19.1 Å². The Kier molecular flexibility index (Phi) is 9.09. The lowest BCUT2D eigenvalue weighted by molar-refractivity contribution is -0.224. The number of rotatable bonds is 10. The van der Waals surface area contributed by atoms with Crippen molar-refractivity contribution in [3.63, 3.8) is 0 Å². The van der Waals surface area contributed by atoms with Crippen LogP contribution in [0, 0.1) is 56.7 Å². The van der Waals surface area contributed by atoms with Gasteiger partial charge in [0, 0.05) is 11.8 Å². The maximum atomic E-state index is 14.4. The molecular formula is C43H61NO4. The lowest BCUT2D eigenvalue weighted by atomic mass is 9.32. The van der Waals surface area contributed by atoms with Crippen LogP contribution in [-0.2, 0) is 9.59 Å². The summed E-state index contributed by atoms with van der Waals surface area (Å²) in [7, 11) is 0. The molecule has 9 atom stereocenters. The summed E-state index contributed by atoms with van der Waals surface area (Å²) in [5.74, 6) is 2.26. The molecule has 0 unspecified atom stereocenters. The van der Waals surface area contributed by atoms with E-state index in [0.717, 1.165) is 50.6 Å². The van der Waals surface area contributed by atoms with Crippen LogP contribution >= 0.6 is 0 Å². The first-order valence-corrected chi connectivity index (χ1v) is 19.0. The number of allylic oxidation sites excluding steroid dienone is 3. The molecule has 4 saturated carbocycles. The van der Waals surface area contributed by atoms with E-state index in [1.165, 1.54) is 36.8 Å². The van der Waals surface area contributed by atoms with Gasteiger partial charge in [-0.15, -0.1) is 0 Å². The molecule has 0 aromatic heterocycles. The fraction of sp³-hybridized carbons (Fsp3) is 0.698. The van der Waals surface area contributed by atoms with Crippen LogP contribution in [0.4, 0.5) is 0 Å². The number of Topliss-reactive ketones (excluding diaryl/α,β-unsaturated/α-hetero) is 2. The summed E-state index contributed by atoms with van der Waals surface area (Å²) >= 11 is 0. The van der Waals surface area contributed by atoms with Gasteiger partial charge in [0.2, 0.25) is 0 Å². The zero-order valence-electron chi connectivity index (χ0n) is 30.8. The number of fused-ring (bicyclic) bond motifs is 7. The molecule has 262 valence electrons. The van der Waals surface area contributed by atoms with Gasteiger partial charge in [-0.05, 0) is 159 Å². The normalized spacial score (nSPS) is 39.6. The molecule has 48 heavy (non-hydrogen) atoms. The van der Waals surface area contributed by atoms with Crippen LogP contribution in [0.25, 0.3) is 5.57 Å². The van der Waals surface area contributed by atoms with Crippen LogP contribution in [0.5, 0.6) is 0 Å². The molecule has 2 N–H and O–H groups in total. The summed E-state index contributed by atoms with van der Waals surface area (Å²) < 4.78 is 0. The third-order valence-corrected chi connectivity index (χ3v) is 15.8. The Morgan fingerprint density at radius 1 is 0.875 bits per heavy atom. The molecule has 0 amide bonds. The monoisotopic (exact) mass is 655 g/mol. The third kappa shape index (κ3) is 5.23. The number of benzene rings is 1. The highest BCUT2D eigenvalue weighted by Crippen LogP contribution is 2.78. The molecule has 0 saturated heterocycles. The van der Waals surface area contributed by atoms with Crippen LogP contribution in [0.1, 0.15) is 135 Å². The molecule has 5 nitrogen and oxygen atoms in total. The average Bonchev–Trinajstić information content (AvgIpc) is 3.42. The first kappa shape index (κ1) is 35.3. The van der Waals surface area contributed by atoms with Gasteiger partial charge < -0.3 is 10.4 Å². The van der Waals surface area contributed by atoms with E-state index in [0.29, 0.717) is 53.9 Å². The van der Waals surface area contributed by atoms with Crippen molar-refractivity contribution in [1.29, 1.82) is 0 Å². The zero-order valence-corrected chi connectivity index (χ0v) is 30.8. The first-order chi connectivity index (χ1) is 22.5. The Balaban J connectivity index is 1.29. The molecule has 4 fully saturated rings. The van der Waals surface area contributed by atoms with Gasteiger partial charge >= 0.3 is 5.97 Å². The Labute approximate surface area is 289 Å². The third-order valence-electron chi connectivity index (χ3n) is 15.8. The minimum absolute atomic E-state index is 0.0132. The van der Waals surface area contributed by atoms with E-state index in [1.807, 2.05) is 12.1 Å². The lowest BCUT2D eigenvalue weighted by Gasteiger charge is -2.72. The number of nitrogens with one attached hydrogen (secondary N) is 1. The number of carboxylic acids is 1. The van der Waals surface area contributed by atoms with Crippen molar-refractivity contribution in [3.05, 3.63) is 53.6 Å². The standard InChI is InChI=1S/C43H61NO4/c1-27(2)31-17-22-43(36(46)10-9-25-44-26-28(3)45)24-23-41(7)33(37(31)43)15-16-35-40(6)20-18-32(29-11-13-30(14-12-29)38(47)48)39(4,5)34(40)19-21-42(35,41)8/h11-14,18,31,33-35,37,44H,1,9-10,15-17,19-26H2,2-8H3,(H,47,48)/t31-,33+,34-,35+,37+,40-,41+,42+,43+/m0/s1. The number of hydrogen-bond donors (Lipinski definition) is 2. The molecule has 5 aliphatic carbocycles. The highest BCUT2D eigenvalue weighted by atomic mass is 16.4. The molecule has 0 bridgehead atoms. The average molecular weight is 656 g/mol. The Hall–Kier alpha value is -2.53. The van der Waals surface area contributed by atoms with Gasteiger partial charge in [-0.1, -0.05) is 65.0 Å². The topological polar surface area (TPSA) is 83.5 Å². The maximum Gasteiger partial charge on any atom is 0.335 e. The molecule has 5 heteroatoms. The number of carboxylic acid groups (broad SMARTS) is 1. The molecule has 0 aliphatic heterocycles. The number of aromatic carboxylic acids is 1. The van der Waals surface area contributed by atoms with Crippen molar-refractivity contribution >= 4 is 23.1 Å². The SMILES string of the molecule is C=C(C)[C@@H]1CC[C@]2(C(=O)CCCNCC(C)=O)CC[C@]3(C)[C@H](CC[C@@H]4[C@@]5(C)CC=C(c6ccc(C(=O)O)cc6)C(C)(C)[C@@H]5CC[C@]43C)[C@@H]12. The first-order valence-electron chi connectivity index (χ1n) is 19.0. The van der Waals surface area contributed by atoms with Crippen molar-refractivity contribution in [2.75, 3.05) is 13.1 Å². The number of hydrogen-bond acceptors (Lipinski definition) is 4. The quantitative estimate of drug-likeness (QED) is 0.194. The Morgan fingerprint density at radius 2 is 1.58 bits per heavy atom. The van der Waals surface area contributed by atoms with E-state index in [4.69, 9.17) is 0 Å². The number of ketones is 2. The maximum absolute atomic E-state index is 14.4. The number of carbonyl (C=O) groups excluding carboxylic acids is 2. The second kappa shape index (κ2) is 12.4. The summed E-state index contributed by atoms with van der Waals surface area (Å²) in [6.45, 7) is 22.2. The Bertz CT molecular complexity index is 1500. The summed E-state index contributed by atoms with van der Waals surface area (Å²) in [5.41, 5.74) is 4.49. The zero-order chi connectivity index (χ0) is 34.9. The molecule has 0 heterocycles. The second-order valence-electron chi connectivity index (χ2n) is 18.2. The van der Waals surface area contributed by atoms with Gasteiger partial charge in [0.1, 0.15) is 11.6 Å². The smallest absolute Gasteiger partial charge is 0.335 e. The highest BCUT2D eigenvalue weighted by Gasteiger charge is 2.71. The van der Waals surface area contributed by atoms with E-state index < -0.39 is 5.97 Å². The van der Waals surface area contributed by atoms with Gasteiger partial charge in [-0.2, -0.15) is 0 Å². The van der Waals surface area contributed by atoms with Crippen molar-refractivity contribution in [2.24, 2.45) is 56.7 Å². The molecule has 5 aliphatic rings. The molecule has 1 aromatic rings. The summed E-state index contributed by atoms with van der Waals surface area (Å²) in [5, 5.41) is 12.7. The molecular weight excluding hydrogens is 594 g/mol. The van der Waals surface area contributed by atoms with Crippen molar-refractivity contribution in [2.45, 2.75) is 119 Å². The predicted octanol–water partition coefficient (Wildman–Crippen LogP) is 9.56. The summed E-state index contributed by atoms with van der Waals surface area (Å²) in [4.78, 5) is 37.3. The number of carbonyl (C=O) groups is 3. The minimum atomic E-state index is -0.878.